The smallest absolute Gasteiger partial charge is 0.0642 e. The third-order valence-corrected chi connectivity index (χ3v) is 3.27. The van der Waals surface area contributed by atoms with E-state index < -0.39 is 0 Å². The van der Waals surface area contributed by atoms with Gasteiger partial charge in [0.15, 0.2) is 0 Å². The van der Waals surface area contributed by atoms with Crippen LogP contribution in [0, 0.1) is 0 Å². The van der Waals surface area contributed by atoms with Gasteiger partial charge in [0.05, 0.1) is 26.4 Å². The van der Waals surface area contributed by atoms with Crippen LogP contribution in [0.3, 0.4) is 0 Å². The minimum Gasteiger partial charge on any atom is -0.378 e. The molecular formula is C13H22N2O2. The fourth-order valence-corrected chi connectivity index (χ4v) is 2.14. The van der Waals surface area contributed by atoms with E-state index in [4.69, 9.17) is 9.47 Å². The molecule has 0 unspecified atom stereocenters. The lowest BCUT2D eigenvalue weighted by molar-refractivity contribution is 0.0533. The molecule has 0 amide bonds. The van der Waals surface area contributed by atoms with Crippen LogP contribution in [0.2, 0.25) is 0 Å². The van der Waals surface area contributed by atoms with Gasteiger partial charge >= 0.3 is 0 Å². The molecule has 0 spiro atoms. The van der Waals surface area contributed by atoms with Crippen molar-refractivity contribution in [3.63, 3.8) is 0 Å². The van der Waals surface area contributed by atoms with Gasteiger partial charge in [-0.2, -0.15) is 0 Å². The molecule has 17 heavy (non-hydrogen) atoms. The molecule has 4 nitrogen and oxygen atoms in total. The average molecular weight is 238 g/mol. The lowest BCUT2D eigenvalue weighted by Crippen LogP contribution is -2.36. The van der Waals surface area contributed by atoms with Crippen molar-refractivity contribution in [2.45, 2.75) is 6.92 Å². The van der Waals surface area contributed by atoms with Crippen LogP contribution < -0.4 is 0 Å². The Hall–Kier alpha value is -1.00. The highest BCUT2D eigenvalue weighted by molar-refractivity contribution is 5.25. The van der Waals surface area contributed by atoms with E-state index in [-0.39, 0.29) is 0 Å². The highest BCUT2D eigenvalue weighted by atomic mass is 16.5. The SMILES string of the molecule is C=C(C(C)=CN1CCOCC1)N1CCOCC1. The zero-order valence-corrected chi connectivity index (χ0v) is 10.7. The van der Waals surface area contributed by atoms with Gasteiger partial charge in [-0.1, -0.05) is 6.58 Å². The van der Waals surface area contributed by atoms with E-state index in [9.17, 15) is 0 Å². The molecule has 0 bridgehead atoms. The highest BCUT2D eigenvalue weighted by Crippen LogP contribution is 2.15. The van der Waals surface area contributed by atoms with Crippen molar-refractivity contribution in [1.82, 2.24) is 9.80 Å². The van der Waals surface area contributed by atoms with Gasteiger partial charge in [0, 0.05) is 38.1 Å². The summed E-state index contributed by atoms with van der Waals surface area (Å²) in [7, 11) is 0. The molecule has 0 aromatic carbocycles. The van der Waals surface area contributed by atoms with E-state index in [1.165, 1.54) is 5.57 Å². The monoisotopic (exact) mass is 238 g/mol. The molecule has 0 atom stereocenters. The molecule has 2 rings (SSSR count). The summed E-state index contributed by atoms with van der Waals surface area (Å²) in [4.78, 5) is 4.61. The van der Waals surface area contributed by atoms with Gasteiger partial charge in [-0.25, -0.2) is 0 Å². The fraction of sp³-hybridized carbons (Fsp3) is 0.692. The Morgan fingerprint density at radius 1 is 1.00 bits per heavy atom. The molecule has 0 aliphatic carbocycles. The number of morpholine rings is 2. The second-order valence-corrected chi connectivity index (χ2v) is 4.51. The maximum Gasteiger partial charge on any atom is 0.0642 e. The zero-order chi connectivity index (χ0) is 12.1. The molecule has 2 aliphatic heterocycles. The van der Waals surface area contributed by atoms with Gasteiger partial charge in [0.2, 0.25) is 0 Å². The minimum atomic E-state index is 0.809. The maximum atomic E-state index is 5.35. The zero-order valence-electron chi connectivity index (χ0n) is 10.7. The maximum absolute atomic E-state index is 5.35. The summed E-state index contributed by atoms with van der Waals surface area (Å²) >= 11 is 0. The minimum absolute atomic E-state index is 0.809. The molecule has 2 heterocycles. The third kappa shape index (κ3) is 3.48. The number of rotatable bonds is 3. The number of hydrogen-bond donors (Lipinski definition) is 0. The second-order valence-electron chi connectivity index (χ2n) is 4.51. The van der Waals surface area contributed by atoms with E-state index >= 15 is 0 Å². The summed E-state index contributed by atoms with van der Waals surface area (Å²) in [6, 6.07) is 0. The first-order valence-electron chi connectivity index (χ1n) is 6.29. The third-order valence-electron chi connectivity index (χ3n) is 3.27. The van der Waals surface area contributed by atoms with Crippen LogP contribution in [0.5, 0.6) is 0 Å². The van der Waals surface area contributed by atoms with Gasteiger partial charge in [0.1, 0.15) is 0 Å². The molecule has 4 heteroatoms. The number of hydrogen-bond acceptors (Lipinski definition) is 4. The first-order valence-corrected chi connectivity index (χ1v) is 6.29. The van der Waals surface area contributed by atoms with E-state index in [1.54, 1.807) is 0 Å². The lowest BCUT2D eigenvalue weighted by atomic mass is 10.2. The van der Waals surface area contributed by atoms with Gasteiger partial charge in [-0.15, -0.1) is 0 Å². The summed E-state index contributed by atoms with van der Waals surface area (Å²) in [5, 5.41) is 0. The summed E-state index contributed by atoms with van der Waals surface area (Å²) in [6.07, 6.45) is 2.21. The fourth-order valence-electron chi connectivity index (χ4n) is 2.14. The van der Waals surface area contributed by atoms with Crippen LogP contribution in [0.25, 0.3) is 0 Å². The van der Waals surface area contributed by atoms with Crippen molar-refractivity contribution < 1.29 is 9.47 Å². The summed E-state index contributed by atoms with van der Waals surface area (Å²) in [6.45, 7) is 13.5. The van der Waals surface area contributed by atoms with Crippen molar-refractivity contribution in [3.8, 4) is 0 Å². The van der Waals surface area contributed by atoms with Crippen LogP contribution in [0.15, 0.2) is 24.0 Å². The lowest BCUT2D eigenvalue weighted by Gasteiger charge is -2.32. The molecule has 2 aliphatic rings. The van der Waals surface area contributed by atoms with Crippen molar-refractivity contribution in [1.29, 1.82) is 0 Å². The molecule has 0 aromatic heterocycles. The van der Waals surface area contributed by atoms with Crippen LogP contribution >= 0.6 is 0 Å². The standard InChI is InChI=1S/C13H22N2O2/c1-12(11-14-3-7-16-8-4-14)13(2)15-5-9-17-10-6-15/h11H,2-10H2,1H3. The first kappa shape index (κ1) is 12.5. The molecule has 0 radical (unpaired) electrons. The highest BCUT2D eigenvalue weighted by Gasteiger charge is 2.14. The number of ether oxygens (including phenoxy) is 2. The van der Waals surface area contributed by atoms with Crippen molar-refractivity contribution in [3.05, 3.63) is 24.0 Å². The molecule has 0 N–H and O–H groups in total. The predicted octanol–water partition coefficient (Wildman–Crippen LogP) is 1.07. The van der Waals surface area contributed by atoms with Crippen molar-refractivity contribution in [2.75, 3.05) is 52.6 Å². The topological polar surface area (TPSA) is 24.9 Å². The summed E-state index contributed by atoms with van der Waals surface area (Å²) in [5.41, 5.74) is 2.37. The van der Waals surface area contributed by atoms with E-state index in [2.05, 4.69) is 29.5 Å². The van der Waals surface area contributed by atoms with Crippen molar-refractivity contribution >= 4 is 0 Å². The van der Waals surface area contributed by atoms with Gasteiger partial charge in [-0.05, 0) is 12.5 Å². The predicted molar refractivity (Wildman–Crippen MR) is 67.7 cm³/mol. The first-order chi connectivity index (χ1) is 8.27. The van der Waals surface area contributed by atoms with Crippen LogP contribution in [-0.4, -0.2) is 62.4 Å². The molecule has 96 valence electrons. The molecule has 2 saturated heterocycles. The van der Waals surface area contributed by atoms with Gasteiger partial charge in [-0.3, -0.25) is 0 Å². The quantitative estimate of drug-likeness (QED) is 0.687. The molecule has 0 aromatic rings. The Kier molecular flexibility index (Phi) is 4.45. The molecule has 2 fully saturated rings. The largest absolute Gasteiger partial charge is 0.378 e. The van der Waals surface area contributed by atoms with Gasteiger partial charge < -0.3 is 19.3 Å². The molecular weight excluding hydrogens is 216 g/mol. The Labute approximate surface area is 103 Å². The Morgan fingerprint density at radius 2 is 1.53 bits per heavy atom. The van der Waals surface area contributed by atoms with Gasteiger partial charge in [0.25, 0.3) is 0 Å². The Morgan fingerprint density at radius 3 is 2.12 bits per heavy atom. The van der Waals surface area contributed by atoms with E-state index in [1.807, 2.05) is 0 Å². The van der Waals surface area contributed by atoms with Crippen LogP contribution in [-0.2, 0) is 9.47 Å². The van der Waals surface area contributed by atoms with E-state index in [0.29, 0.717) is 0 Å². The van der Waals surface area contributed by atoms with Crippen LogP contribution in [0.1, 0.15) is 6.92 Å². The normalized spacial score (nSPS) is 22.8. The number of allylic oxidation sites excluding steroid dienone is 1. The van der Waals surface area contributed by atoms with Crippen molar-refractivity contribution in [2.24, 2.45) is 0 Å². The van der Waals surface area contributed by atoms with Crippen LogP contribution in [0.4, 0.5) is 0 Å². The Bertz CT molecular complexity index is 290. The Balaban J connectivity index is 1.90. The molecule has 0 saturated carbocycles. The second kappa shape index (κ2) is 6.07. The summed E-state index contributed by atoms with van der Waals surface area (Å²) in [5.74, 6) is 0. The summed E-state index contributed by atoms with van der Waals surface area (Å²) < 4.78 is 10.7. The van der Waals surface area contributed by atoms with E-state index in [0.717, 1.165) is 58.3 Å². The average Bonchev–Trinajstić information content (AvgIpc) is 2.40. The number of nitrogens with zero attached hydrogens (tertiary/aromatic N) is 2.